The van der Waals surface area contributed by atoms with Gasteiger partial charge in [-0.05, 0) is 43.3 Å². The number of hydrogen-bond acceptors (Lipinski definition) is 4. The average Bonchev–Trinajstić information content (AvgIpc) is 3.29. The highest BCUT2D eigenvalue weighted by molar-refractivity contribution is 5.79. The lowest BCUT2D eigenvalue weighted by Gasteiger charge is -2.18. The van der Waals surface area contributed by atoms with Crippen molar-refractivity contribution in [1.82, 2.24) is 20.5 Å². The van der Waals surface area contributed by atoms with Crippen LogP contribution in [0.2, 0.25) is 0 Å². The number of benzene rings is 2. The van der Waals surface area contributed by atoms with Gasteiger partial charge in [0, 0.05) is 18.7 Å². The van der Waals surface area contributed by atoms with Crippen molar-refractivity contribution in [1.29, 1.82) is 0 Å². The van der Waals surface area contributed by atoms with Crippen molar-refractivity contribution in [2.75, 3.05) is 19.6 Å². The lowest BCUT2D eigenvalue weighted by Crippen LogP contribution is -2.36. The van der Waals surface area contributed by atoms with E-state index in [9.17, 15) is 0 Å². The zero-order valence-corrected chi connectivity index (χ0v) is 18.8. The van der Waals surface area contributed by atoms with Crippen molar-refractivity contribution in [3.8, 4) is 11.5 Å². The van der Waals surface area contributed by atoms with Gasteiger partial charge in [0.05, 0.1) is 18.8 Å². The Kier molecular flexibility index (Phi) is 8.67. The van der Waals surface area contributed by atoms with Crippen molar-refractivity contribution in [3.05, 3.63) is 77.7 Å². The molecule has 0 amide bonds. The predicted octanol–water partition coefficient (Wildman–Crippen LogP) is 4.44. The molecule has 0 bridgehead atoms. The van der Waals surface area contributed by atoms with Gasteiger partial charge in [-0.1, -0.05) is 56.3 Å². The molecule has 0 radical (unpaired) electrons. The van der Waals surface area contributed by atoms with Crippen LogP contribution in [0.3, 0.4) is 0 Å². The van der Waals surface area contributed by atoms with E-state index in [-0.39, 0.29) is 0 Å². The summed E-state index contributed by atoms with van der Waals surface area (Å²) in [6.45, 7) is 11.5. The quantitative estimate of drug-likeness (QED) is 0.376. The molecular weight excluding hydrogens is 386 g/mol. The van der Waals surface area contributed by atoms with Crippen LogP contribution >= 0.6 is 0 Å². The fraction of sp³-hybridized carbons (Fsp3) is 0.360. The van der Waals surface area contributed by atoms with Crippen LogP contribution in [0.25, 0.3) is 11.5 Å². The van der Waals surface area contributed by atoms with E-state index in [0.29, 0.717) is 19.0 Å². The fourth-order valence-corrected chi connectivity index (χ4v) is 3.32. The summed E-state index contributed by atoms with van der Waals surface area (Å²) < 4.78 is 5.62. The summed E-state index contributed by atoms with van der Waals surface area (Å²) in [5, 5.41) is 6.64. The minimum absolute atomic E-state index is 0.546. The lowest BCUT2D eigenvalue weighted by atomic mass is 10.1. The first-order chi connectivity index (χ1) is 15.2. The third-order valence-electron chi connectivity index (χ3n) is 5.07. The summed E-state index contributed by atoms with van der Waals surface area (Å²) >= 11 is 0. The Bertz CT molecular complexity index is 947. The molecule has 2 N–H and O–H groups in total. The molecule has 0 spiro atoms. The van der Waals surface area contributed by atoms with E-state index >= 15 is 0 Å². The van der Waals surface area contributed by atoms with Crippen molar-refractivity contribution in [2.24, 2.45) is 4.99 Å². The molecule has 0 saturated carbocycles. The molecule has 0 aliphatic heterocycles. The number of rotatable bonds is 10. The van der Waals surface area contributed by atoms with Gasteiger partial charge in [0.2, 0.25) is 5.89 Å². The molecule has 1 heterocycles. The predicted molar refractivity (Wildman–Crippen MR) is 127 cm³/mol. The highest BCUT2D eigenvalue weighted by atomic mass is 16.3. The first kappa shape index (κ1) is 22.6. The van der Waals surface area contributed by atoms with E-state index in [0.717, 1.165) is 43.4 Å². The topological polar surface area (TPSA) is 65.7 Å². The molecule has 6 nitrogen and oxygen atoms in total. The van der Waals surface area contributed by atoms with Gasteiger partial charge >= 0.3 is 0 Å². The van der Waals surface area contributed by atoms with E-state index in [4.69, 9.17) is 9.41 Å². The molecule has 164 valence electrons. The summed E-state index contributed by atoms with van der Waals surface area (Å²) in [7, 11) is 0. The number of aliphatic imine (C=N–C) groups is 1. The number of aromatic nitrogens is 1. The average molecular weight is 420 g/mol. The monoisotopic (exact) mass is 419 g/mol. The van der Waals surface area contributed by atoms with Crippen LogP contribution in [0.4, 0.5) is 0 Å². The lowest BCUT2D eigenvalue weighted by molar-refractivity contribution is 0.296. The van der Waals surface area contributed by atoms with Gasteiger partial charge in [-0.15, -0.1) is 0 Å². The van der Waals surface area contributed by atoms with Gasteiger partial charge in [0.15, 0.2) is 5.96 Å². The number of nitrogens with one attached hydrogen (secondary N) is 2. The standard InChI is InChI=1S/C25H33N5O/c1-4-26-25(27-16-20-11-10-12-21(15-20)18-30(5-2)6-3)28-17-23-19-31-24(29-23)22-13-8-7-9-14-22/h7-15,19H,4-6,16-18H2,1-3H3,(H2,26,27,28). The van der Waals surface area contributed by atoms with Crippen molar-refractivity contribution < 1.29 is 4.42 Å². The minimum Gasteiger partial charge on any atom is -0.444 e. The second kappa shape index (κ2) is 11.9. The Balaban J connectivity index is 1.60. The van der Waals surface area contributed by atoms with Crippen molar-refractivity contribution in [2.45, 2.75) is 40.4 Å². The molecule has 2 aromatic carbocycles. The molecular formula is C25H33N5O. The number of hydrogen-bond donors (Lipinski definition) is 2. The number of nitrogens with zero attached hydrogens (tertiary/aromatic N) is 3. The van der Waals surface area contributed by atoms with Crippen LogP contribution in [0.15, 0.2) is 70.3 Å². The Morgan fingerprint density at radius 3 is 2.48 bits per heavy atom. The van der Waals surface area contributed by atoms with E-state index in [1.807, 2.05) is 30.3 Å². The van der Waals surface area contributed by atoms with E-state index in [2.05, 4.69) is 65.6 Å². The van der Waals surface area contributed by atoms with Gasteiger partial charge in [-0.3, -0.25) is 4.90 Å². The Morgan fingerprint density at radius 1 is 0.968 bits per heavy atom. The van der Waals surface area contributed by atoms with Crippen molar-refractivity contribution in [3.63, 3.8) is 0 Å². The maximum atomic E-state index is 5.62. The Labute approximate surface area is 185 Å². The molecule has 0 saturated heterocycles. The SMILES string of the molecule is CCNC(=NCc1cccc(CN(CC)CC)c1)NCc1coc(-c2ccccc2)n1. The molecule has 0 atom stereocenters. The number of guanidine groups is 1. The minimum atomic E-state index is 0.546. The molecule has 0 fully saturated rings. The van der Waals surface area contributed by atoms with Crippen LogP contribution in [0, 0.1) is 0 Å². The highest BCUT2D eigenvalue weighted by Gasteiger charge is 2.07. The molecule has 3 aromatic rings. The fourth-order valence-electron chi connectivity index (χ4n) is 3.32. The normalized spacial score (nSPS) is 11.7. The van der Waals surface area contributed by atoms with E-state index in [1.165, 1.54) is 11.1 Å². The van der Waals surface area contributed by atoms with Crippen LogP contribution in [0.1, 0.15) is 37.6 Å². The second-order valence-electron chi connectivity index (χ2n) is 7.34. The van der Waals surface area contributed by atoms with Crippen LogP contribution < -0.4 is 10.6 Å². The largest absolute Gasteiger partial charge is 0.444 e. The zero-order chi connectivity index (χ0) is 21.9. The Morgan fingerprint density at radius 2 is 1.74 bits per heavy atom. The van der Waals surface area contributed by atoms with E-state index in [1.54, 1.807) is 6.26 Å². The maximum Gasteiger partial charge on any atom is 0.226 e. The third kappa shape index (κ3) is 6.96. The summed E-state index contributed by atoms with van der Waals surface area (Å²) in [6, 6.07) is 18.6. The second-order valence-corrected chi connectivity index (χ2v) is 7.34. The number of oxazole rings is 1. The Hall–Kier alpha value is -3.12. The van der Waals surface area contributed by atoms with Gasteiger partial charge in [0.1, 0.15) is 6.26 Å². The zero-order valence-electron chi connectivity index (χ0n) is 18.8. The first-order valence-corrected chi connectivity index (χ1v) is 11.0. The van der Waals surface area contributed by atoms with Gasteiger partial charge < -0.3 is 15.1 Å². The van der Waals surface area contributed by atoms with Crippen LogP contribution in [0.5, 0.6) is 0 Å². The van der Waals surface area contributed by atoms with Crippen molar-refractivity contribution >= 4 is 5.96 Å². The molecule has 0 aliphatic carbocycles. The molecule has 31 heavy (non-hydrogen) atoms. The van der Waals surface area contributed by atoms with Gasteiger partial charge in [0.25, 0.3) is 0 Å². The summed E-state index contributed by atoms with van der Waals surface area (Å²) in [6.07, 6.45) is 1.69. The summed E-state index contributed by atoms with van der Waals surface area (Å²) in [4.78, 5) is 11.7. The van der Waals surface area contributed by atoms with Crippen LogP contribution in [-0.4, -0.2) is 35.5 Å². The molecule has 1 aromatic heterocycles. The van der Waals surface area contributed by atoms with E-state index < -0.39 is 0 Å². The maximum absolute atomic E-state index is 5.62. The van der Waals surface area contributed by atoms with Gasteiger partial charge in [-0.2, -0.15) is 0 Å². The first-order valence-electron chi connectivity index (χ1n) is 11.0. The molecule has 0 unspecified atom stereocenters. The summed E-state index contributed by atoms with van der Waals surface area (Å²) in [5.41, 5.74) is 4.34. The summed E-state index contributed by atoms with van der Waals surface area (Å²) in [5.74, 6) is 1.39. The molecule has 3 rings (SSSR count). The molecule has 0 aliphatic rings. The molecule has 6 heteroatoms. The highest BCUT2D eigenvalue weighted by Crippen LogP contribution is 2.17. The van der Waals surface area contributed by atoms with Crippen LogP contribution in [-0.2, 0) is 19.6 Å². The smallest absolute Gasteiger partial charge is 0.226 e. The van der Waals surface area contributed by atoms with Gasteiger partial charge in [-0.25, -0.2) is 9.98 Å². The third-order valence-corrected chi connectivity index (χ3v) is 5.07.